The lowest BCUT2D eigenvalue weighted by Crippen LogP contribution is -2.45. The molecule has 0 aliphatic heterocycles. The summed E-state index contributed by atoms with van der Waals surface area (Å²) in [6.45, 7) is -1.66. The average Bonchev–Trinajstić information content (AvgIpc) is 2.58. The third-order valence-electron chi connectivity index (χ3n) is 2.78. The third kappa shape index (κ3) is 8.55. The first-order valence-corrected chi connectivity index (χ1v) is 6.85. The number of hydrogen-bond donors (Lipinski definition) is 8. The molecule has 0 saturated carbocycles. The maximum absolute atomic E-state index is 11.0. The van der Waals surface area contributed by atoms with Crippen LogP contribution in [0.5, 0.6) is 5.75 Å². The van der Waals surface area contributed by atoms with Gasteiger partial charge in [0, 0.05) is 0 Å². The number of hydrogen-bond acceptors (Lipinski definition) is 10. The van der Waals surface area contributed by atoms with Gasteiger partial charge in [0.15, 0.2) is 5.78 Å². The molecule has 0 aliphatic rings. The van der Waals surface area contributed by atoms with Crippen LogP contribution in [0.15, 0.2) is 24.3 Å². The summed E-state index contributed by atoms with van der Waals surface area (Å²) >= 11 is 0. The van der Waals surface area contributed by atoms with Crippen molar-refractivity contribution in [3.8, 4) is 5.75 Å². The second-order valence-corrected chi connectivity index (χ2v) is 4.67. The Morgan fingerprint density at radius 2 is 1.72 bits per heavy atom. The van der Waals surface area contributed by atoms with Crippen molar-refractivity contribution in [2.45, 2.75) is 18.3 Å². The predicted molar refractivity (Wildman–Crippen MR) is 82.9 cm³/mol. The first-order chi connectivity index (χ1) is 11.6. The molecule has 0 fully saturated rings. The fourth-order valence-corrected chi connectivity index (χ4v) is 1.43. The van der Waals surface area contributed by atoms with Gasteiger partial charge in [0.05, 0.1) is 18.8 Å². The Morgan fingerprint density at radius 3 is 2.12 bits per heavy atom. The minimum Gasteiger partial charge on any atom is -0.507 e. The topological polar surface area (TPSA) is 211 Å². The van der Waals surface area contributed by atoms with Gasteiger partial charge in [-0.1, -0.05) is 12.1 Å². The summed E-state index contributed by atoms with van der Waals surface area (Å²) in [4.78, 5) is 21.4. The van der Waals surface area contributed by atoms with E-state index in [-0.39, 0.29) is 11.3 Å². The van der Waals surface area contributed by atoms with Gasteiger partial charge in [0.2, 0.25) is 0 Å². The lowest BCUT2D eigenvalue weighted by molar-refractivity contribution is -0.142. The first kappa shape index (κ1) is 22.9. The number of primary amides is 1. The number of carbonyl (C=O) groups excluding carboxylic acids is 2. The molecule has 0 aliphatic carbocycles. The monoisotopic (exact) mass is 361 g/mol. The van der Waals surface area contributed by atoms with Gasteiger partial charge in [-0.05, 0) is 12.1 Å². The van der Waals surface area contributed by atoms with Crippen molar-refractivity contribution in [1.29, 1.82) is 0 Å². The number of nitrogens with two attached hydrogens (primary N) is 1. The van der Waals surface area contributed by atoms with Crippen molar-refractivity contribution < 1.29 is 49.8 Å². The number of phenols is 1. The summed E-state index contributed by atoms with van der Waals surface area (Å²) in [5, 5.41) is 60.9. The van der Waals surface area contributed by atoms with Gasteiger partial charge in [-0.25, -0.2) is 0 Å². The molecular weight excluding hydrogens is 341 g/mol. The van der Waals surface area contributed by atoms with Crippen LogP contribution in [0, 0.1) is 0 Å². The maximum atomic E-state index is 11.0. The molecular formula is C13H20BNO10. The highest BCUT2D eigenvalue weighted by Crippen LogP contribution is 2.13. The molecule has 0 bridgehead atoms. The van der Waals surface area contributed by atoms with Crippen LogP contribution in [-0.4, -0.2) is 86.1 Å². The SMILES string of the molecule is NC(=O)c1ccccc1O.O=C(COB(O)O)[C@H](O)[C@@H](O)[C@H](O)CO. The van der Waals surface area contributed by atoms with E-state index in [1.54, 1.807) is 12.1 Å². The summed E-state index contributed by atoms with van der Waals surface area (Å²) in [5.74, 6) is -1.74. The van der Waals surface area contributed by atoms with Crippen LogP contribution in [0.25, 0.3) is 0 Å². The maximum Gasteiger partial charge on any atom is 0.634 e. The van der Waals surface area contributed by atoms with Crippen LogP contribution >= 0.6 is 0 Å². The number of aliphatic hydroxyl groups excluding tert-OH is 4. The number of carbonyl (C=O) groups is 2. The van der Waals surface area contributed by atoms with Gasteiger partial charge in [-0.3, -0.25) is 9.59 Å². The highest BCUT2D eigenvalue weighted by atomic mass is 16.6. The minimum atomic E-state index is -2.17. The van der Waals surface area contributed by atoms with E-state index in [1.807, 2.05) is 0 Å². The second kappa shape index (κ2) is 11.5. The quantitative estimate of drug-likeness (QED) is 0.211. The number of rotatable bonds is 8. The Hall–Kier alpha value is -2.06. The molecule has 25 heavy (non-hydrogen) atoms. The molecule has 3 atom stereocenters. The molecule has 0 spiro atoms. The van der Waals surface area contributed by atoms with E-state index in [1.165, 1.54) is 12.1 Å². The van der Waals surface area contributed by atoms with Crippen LogP contribution in [0.2, 0.25) is 0 Å². The van der Waals surface area contributed by atoms with Crippen LogP contribution in [0.3, 0.4) is 0 Å². The van der Waals surface area contributed by atoms with Crippen LogP contribution < -0.4 is 5.73 Å². The molecule has 0 heterocycles. The number of Topliss-reactive ketones (excluding diaryl/α,β-unsaturated/α-hetero) is 1. The Balaban J connectivity index is 0.000000496. The molecule has 140 valence electrons. The van der Waals surface area contributed by atoms with Crippen molar-refractivity contribution in [2.24, 2.45) is 5.73 Å². The predicted octanol–water partition coefficient (Wildman–Crippen LogP) is -3.89. The first-order valence-electron chi connectivity index (χ1n) is 6.85. The summed E-state index contributed by atoms with van der Waals surface area (Å²) < 4.78 is 4.03. The molecule has 0 unspecified atom stereocenters. The van der Waals surface area contributed by atoms with Gasteiger partial charge in [-0.2, -0.15) is 0 Å². The Kier molecular flexibility index (Phi) is 10.5. The zero-order chi connectivity index (χ0) is 19.6. The normalized spacial score (nSPS) is 13.8. The van der Waals surface area contributed by atoms with Crippen molar-refractivity contribution in [2.75, 3.05) is 13.2 Å². The molecule has 0 saturated heterocycles. The fourth-order valence-electron chi connectivity index (χ4n) is 1.43. The van der Waals surface area contributed by atoms with Gasteiger partial charge < -0.3 is 46.0 Å². The molecule has 0 aromatic heterocycles. The number of aliphatic hydroxyl groups is 4. The molecule has 1 aromatic rings. The van der Waals surface area contributed by atoms with E-state index >= 15 is 0 Å². The van der Waals surface area contributed by atoms with E-state index in [0.29, 0.717) is 0 Å². The van der Waals surface area contributed by atoms with E-state index in [2.05, 4.69) is 4.65 Å². The Morgan fingerprint density at radius 1 is 1.16 bits per heavy atom. The van der Waals surface area contributed by atoms with Gasteiger partial charge in [-0.15, -0.1) is 0 Å². The van der Waals surface area contributed by atoms with Crippen LogP contribution in [0.4, 0.5) is 0 Å². The highest BCUT2D eigenvalue weighted by molar-refractivity contribution is 6.33. The van der Waals surface area contributed by atoms with Gasteiger partial charge in [0.25, 0.3) is 5.91 Å². The minimum absolute atomic E-state index is 0.0741. The number of benzene rings is 1. The summed E-state index contributed by atoms with van der Waals surface area (Å²) in [6, 6.07) is 6.15. The van der Waals surface area contributed by atoms with Crippen LogP contribution in [0.1, 0.15) is 10.4 Å². The highest BCUT2D eigenvalue weighted by Gasteiger charge is 2.30. The zero-order valence-electron chi connectivity index (χ0n) is 13.0. The lowest BCUT2D eigenvalue weighted by atomic mass is 10.1. The second-order valence-electron chi connectivity index (χ2n) is 4.67. The van der Waals surface area contributed by atoms with Crippen molar-refractivity contribution in [1.82, 2.24) is 0 Å². The smallest absolute Gasteiger partial charge is 0.507 e. The standard InChI is InChI=1S/C7H7NO2.C6H13BO8/c8-7(10)5-3-1-2-4-6(5)9;8-1-3(9)5(11)6(12)4(10)2-15-7(13)14/h1-4,9H,(H2,8,10);3,5-6,8-9,11-14H,1-2H2/t;3-,5+,6+/m.1/s1. The molecule has 1 rings (SSSR count). The number of aromatic hydroxyl groups is 1. The largest absolute Gasteiger partial charge is 0.634 e. The fraction of sp³-hybridized carbons (Fsp3) is 0.385. The van der Waals surface area contributed by atoms with E-state index in [9.17, 15) is 9.59 Å². The number of amides is 1. The van der Waals surface area contributed by atoms with Crippen LogP contribution in [-0.2, 0) is 9.45 Å². The summed E-state index contributed by atoms with van der Waals surface area (Å²) in [7, 11) is -2.17. The zero-order valence-corrected chi connectivity index (χ0v) is 13.0. The third-order valence-corrected chi connectivity index (χ3v) is 2.78. The summed E-state index contributed by atoms with van der Waals surface area (Å²) in [5.41, 5.74) is 5.07. The summed E-state index contributed by atoms with van der Waals surface area (Å²) in [6.07, 6.45) is -5.49. The Bertz CT molecular complexity index is 555. The Labute approximate surface area is 142 Å². The number of ketones is 1. The van der Waals surface area contributed by atoms with E-state index in [4.69, 9.17) is 41.3 Å². The molecule has 11 nitrogen and oxygen atoms in total. The molecule has 1 amide bonds. The van der Waals surface area contributed by atoms with Crippen molar-refractivity contribution in [3.63, 3.8) is 0 Å². The van der Waals surface area contributed by atoms with Crippen molar-refractivity contribution >= 4 is 19.0 Å². The average molecular weight is 361 g/mol. The van der Waals surface area contributed by atoms with E-state index < -0.39 is 50.5 Å². The van der Waals surface area contributed by atoms with Gasteiger partial charge in [0.1, 0.15) is 24.1 Å². The molecule has 9 N–H and O–H groups in total. The molecule has 12 heteroatoms. The van der Waals surface area contributed by atoms with E-state index in [0.717, 1.165) is 0 Å². The van der Waals surface area contributed by atoms with Crippen molar-refractivity contribution in [3.05, 3.63) is 29.8 Å². The molecule has 1 aromatic carbocycles. The lowest BCUT2D eigenvalue weighted by Gasteiger charge is -2.20. The van der Waals surface area contributed by atoms with Gasteiger partial charge >= 0.3 is 7.32 Å². The molecule has 0 radical (unpaired) electrons. The number of para-hydroxylation sites is 1.